The minimum atomic E-state index is 0.245. The fourth-order valence-corrected chi connectivity index (χ4v) is 3.26. The van der Waals surface area contributed by atoms with E-state index in [0.29, 0.717) is 22.8 Å². The molecule has 0 fully saturated rings. The van der Waals surface area contributed by atoms with Crippen LogP contribution in [0.4, 0.5) is 5.82 Å². The predicted molar refractivity (Wildman–Crippen MR) is 101 cm³/mol. The number of aryl methyl sites for hydroxylation is 1. The minimum Gasteiger partial charge on any atom is -0.382 e. The van der Waals surface area contributed by atoms with Crippen LogP contribution in [-0.2, 0) is 12.2 Å². The second-order valence-electron chi connectivity index (χ2n) is 5.76. The third-order valence-electron chi connectivity index (χ3n) is 3.81. The lowest BCUT2D eigenvalue weighted by molar-refractivity contribution is 0.902. The van der Waals surface area contributed by atoms with Gasteiger partial charge in [-0.2, -0.15) is 5.26 Å². The molecule has 0 unspecified atom stereocenters. The number of hydrogen-bond acceptors (Lipinski definition) is 5. The zero-order valence-electron chi connectivity index (χ0n) is 13.9. The summed E-state index contributed by atoms with van der Waals surface area (Å²) in [6.07, 6.45) is 0.564. The number of rotatable bonds is 5. The van der Waals surface area contributed by atoms with Crippen molar-refractivity contribution in [3.8, 4) is 6.07 Å². The summed E-state index contributed by atoms with van der Waals surface area (Å²) >= 11 is 1.53. The van der Waals surface area contributed by atoms with Crippen molar-refractivity contribution in [2.24, 2.45) is 0 Å². The summed E-state index contributed by atoms with van der Waals surface area (Å²) < 4.78 is 0. The van der Waals surface area contributed by atoms with Gasteiger partial charge in [-0.25, -0.2) is 9.97 Å². The van der Waals surface area contributed by atoms with E-state index in [1.165, 1.54) is 22.9 Å². The standard InChI is InChI=1S/C20H18N4S/c1-14-7-9-16(10-8-14)13-25-20-23-18(17(12-21)19(22)24-20)11-15-5-3-2-4-6-15/h2-10H,11,13H2,1H3,(H2,22,23,24). The molecule has 0 aliphatic rings. The van der Waals surface area contributed by atoms with Crippen molar-refractivity contribution < 1.29 is 0 Å². The first-order valence-electron chi connectivity index (χ1n) is 7.94. The van der Waals surface area contributed by atoms with Gasteiger partial charge < -0.3 is 5.73 Å². The van der Waals surface area contributed by atoms with E-state index in [1.54, 1.807) is 0 Å². The molecule has 25 heavy (non-hydrogen) atoms. The van der Waals surface area contributed by atoms with Gasteiger partial charge in [-0.3, -0.25) is 0 Å². The Morgan fingerprint density at radius 1 is 1.00 bits per heavy atom. The van der Waals surface area contributed by atoms with Crippen molar-refractivity contribution >= 4 is 17.6 Å². The number of benzene rings is 2. The van der Waals surface area contributed by atoms with Crippen LogP contribution in [0.1, 0.15) is 27.9 Å². The van der Waals surface area contributed by atoms with Gasteiger partial charge >= 0.3 is 0 Å². The molecule has 0 aliphatic carbocycles. The van der Waals surface area contributed by atoms with Crippen molar-refractivity contribution in [1.29, 1.82) is 5.26 Å². The summed E-state index contributed by atoms with van der Waals surface area (Å²) in [5.41, 5.74) is 10.6. The molecule has 0 radical (unpaired) electrons. The SMILES string of the molecule is Cc1ccc(CSc2nc(N)c(C#N)c(Cc3ccccc3)n2)cc1. The number of anilines is 1. The van der Waals surface area contributed by atoms with Crippen molar-refractivity contribution in [3.05, 3.63) is 82.5 Å². The molecule has 124 valence electrons. The van der Waals surface area contributed by atoms with E-state index < -0.39 is 0 Å². The summed E-state index contributed by atoms with van der Waals surface area (Å²) in [5, 5.41) is 9.99. The van der Waals surface area contributed by atoms with Crippen molar-refractivity contribution in [2.75, 3.05) is 5.73 Å². The average molecular weight is 346 g/mol. The third-order valence-corrected chi connectivity index (χ3v) is 4.72. The van der Waals surface area contributed by atoms with E-state index in [1.807, 2.05) is 30.3 Å². The predicted octanol–water partition coefficient (Wildman–Crippen LogP) is 4.12. The van der Waals surface area contributed by atoms with Gasteiger partial charge in [0.05, 0.1) is 5.69 Å². The van der Waals surface area contributed by atoms with E-state index in [2.05, 4.69) is 47.2 Å². The molecule has 1 heterocycles. The molecule has 0 saturated heterocycles. The van der Waals surface area contributed by atoms with Crippen LogP contribution in [0.25, 0.3) is 0 Å². The summed E-state index contributed by atoms with van der Waals surface area (Å²) in [6.45, 7) is 2.07. The number of thioether (sulfide) groups is 1. The molecule has 0 saturated carbocycles. The lowest BCUT2D eigenvalue weighted by atomic mass is 10.1. The molecular weight excluding hydrogens is 328 g/mol. The maximum atomic E-state index is 9.39. The topological polar surface area (TPSA) is 75.6 Å². The summed E-state index contributed by atoms with van der Waals surface area (Å²) in [6, 6.07) is 20.4. The monoisotopic (exact) mass is 346 g/mol. The van der Waals surface area contributed by atoms with E-state index >= 15 is 0 Å². The van der Waals surface area contributed by atoms with Crippen LogP contribution in [0.2, 0.25) is 0 Å². The lowest BCUT2D eigenvalue weighted by Gasteiger charge is -2.09. The quantitative estimate of drug-likeness (QED) is 0.555. The highest BCUT2D eigenvalue weighted by molar-refractivity contribution is 7.98. The Morgan fingerprint density at radius 3 is 2.40 bits per heavy atom. The molecule has 0 aliphatic heterocycles. The maximum Gasteiger partial charge on any atom is 0.190 e. The smallest absolute Gasteiger partial charge is 0.190 e. The van der Waals surface area contributed by atoms with Crippen molar-refractivity contribution in [2.45, 2.75) is 24.3 Å². The molecule has 2 N–H and O–H groups in total. The van der Waals surface area contributed by atoms with Crippen LogP contribution in [-0.4, -0.2) is 9.97 Å². The second kappa shape index (κ2) is 7.82. The third kappa shape index (κ3) is 4.37. The van der Waals surface area contributed by atoms with Gasteiger partial charge in [0.1, 0.15) is 17.5 Å². The molecule has 0 spiro atoms. The molecule has 3 rings (SSSR count). The number of nitriles is 1. The second-order valence-corrected chi connectivity index (χ2v) is 6.70. The Bertz CT molecular complexity index is 899. The van der Waals surface area contributed by atoms with Gasteiger partial charge in [-0.1, -0.05) is 71.9 Å². The van der Waals surface area contributed by atoms with E-state index in [-0.39, 0.29) is 5.82 Å². The lowest BCUT2D eigenvalue weighted by Crippen LogP contribution is -2.06. The van der Waals surface area contributed by atoms with Gasteiger partial charge in [-0.05, 0) is 18.1 Å². The van der Waals surface area contributed by atoms with Crippen LogP contribution in [0.3, 0.4) is 0 Å². The molecule has 3 aromatic rings. The Hall–Kier alpha value is -2.84. The summed E-state index contributed by atoms with van der Waals surface area (Å²) in [5.74, 6) is 1.01. The molecule has 0 atom stereocenters. The number of hydrogen-bond donors (Lipinski definition) is 1. The highest BCUT2D eigenvalue weighted by Crippen LogP contribution is 2.24. The Balaban J connectivity index is 1.83. The first-order valence-corrected chi connectivity index (χ1v) is 8.93. The number of aromatic nitrogens is 2. The Kier molecular flexibility index (Phi) is 5.32. The van der Waals surface area contributed by atoms with Crippen LogP contribution in [0, 0.1) is 18.3 Å². The van der Waals surface area contributed by atoms with Crippen LogP contribution >= 0.6 is 11.8 Å². The largest absolute Gasteiger partial charge is 0.382 e. The highest BCUT2D eigenvalue weighted by Gasteiger charge is 2.13. The Labute approximate surface area is 151 Å². The maximum absolute atomic E-state index is 9.39. The summed E-state index contributed by atoms with van der Waals surface area (Å²) in [7, 11) is 0. The van der Waals surface area contributed by atoms with Gasteiger partial charge in [0, 0.05) is 12.2 Å². The van der Waals surface area contributed by atoms with Crippen LogP contribution in [0.5, 0.6) is 0 Å². The first kappa shape index (κ1) is 17.0. The first-order chi connectivity index (χ1) is 12.2. The van der Waals surface area contributed by atoms with Gasteiger partial charge in [0.2, 0.25) is 0 Å². The van der Waals surface area contributed by atoms with Crippen LogP contribution < -0.4 is 5.73 Å². The molecule has 4 nitrogen and oxygen atoms in total. The minimum absolute atomic E-state index is 0.245. The fourth-order valence-electron chi connectivity index (χ4n) is 2.44. The van der Waals surface area contributed by atoms with Crippen LogP contribution in [0.15, 0.2) is 59.8 Å². The average Bonchev–Trinajstić information content (AvgIpc) is 2.62. The molecule has 1 aromatic heterocycles. The van der Waals surface area contributed by atoms with Gasteiger partial charge in [0.25, 0.3) is 0 Å². The molecule has 2 aromatic carbocycles. The molecule has 5 heteroatoms. The van der Waals surface area contributed by atoms with E-state index in [0.717, 1.165) is 11.3 Å². The van der Waals surface area contributed by atoms with Gasteiger partial charge in [0.15, 0.2) is 5.16 Å². The van der Waals surface area contributed by atoms with E-state index in [4.69, 9.17) is 5.73 Å². The van der Waals surface area contributed by atoms with E-state index in [9.17, 15) is 5.26 Å². The zero-order chi connectivity index (χ0) is 17.6. The number of nitrogens with zero attached hydrogens (tertiary/aromatic N) is 3. The number of nitrogen functional groups attached to an aromatic ring is 1. The number of nitrogens with two attached hydrogens (primary N) is 1. The summed E-state index contributed by atoms with van der Waals surface area (Å²) in [4.78, 5) is 8.87. The zero-order valence-corrected chi connectivity index (χ0v) is 14.8. The fraction of sp³-hybridized carbons (Fsp3) is 0.150. The molecule has 0 bridgehead atoms. The van der Waals surface area contributed by atoms with Gasteiger partial charge in [-0.15, -0.1) is 0 Å². The van der Waals surface area contributed by atoms with Crippen molar-refractivity contribution in [3.63, 3.8) is 0 Å². The molecular formula is C20H18N4S. The Morgan fingerprint density at radius 2 is 1.72 bits per heavy atom. The van der Waals surface area contributed by atoms with Crippen molar-refractivity contribution in [1.82, 2.24) is 9.97 Å². The molecule has 0 amide bonds. The normalized spacial score (nSPS) is 10.4. The highest BCUT2D eigenvalue weighted by atomic mass is 32.2.